The van der Waals surface area contributed by atoms with Gasteiger partial charge in [-0.1, -0.05) is 56.3 Å². The highest BCUT2D eigenvalue weighted by Crippen LogP contribution is 2.09. The van der Waals surface area contributed by atoms with E-state index in [1.54, 1.807) is 26.0 Å². The van der Waals surface area contributed by atoms with Gasteiger partial charge >= 0.3 is 5.97 Å². The Morgan fingerprint density at radius 3 is 2.33 bits per heavy atom. The van der Waals surface area contributed by atoms with Gasteiger partial charge in [0.1, 0.15) is 18.1 Å². The molecule has 1 aliphatic heterocycles. The van der Waals surface area contributed by atoms with Crippen LogP contribution in [0.25, 0.3) is 0 Å². The van der Waals surface area contributed by atoms with E-state index in [9.17, 15) is 24.0 Å². The molecule has 10 nitrogen and oxygen atoms in total. The number of allylic oxidation sites excluding steroid dienone is 1. The minimum Gasteiger partial charge on any atom is -0.481 e. The molecule has 1 heterocycles. The molecule has 0 radical (unpaired) electrons. The van der Waals surface area contributed by atoms with Crippen molar-refractivity contribution >= 4 is 29.6 Å². The van der Waals surface area contributed by atoms with E-state index in [1.807, 2.05) is 30.3 Å². The molecule has 2 rings (SSSR count). The smallest absolute Gasteiger partial charge is 0.303 e. The Balaban J connectivity index is 2.31. The number of hydrogen-bond donors (Lipinski definition) is 5. The second-order valence-corrected chi connectivity index (χ2v) is 9.30. The highest BCUT2D eigenvalue weighted by atomic mass is 16.4. The summed E-state index contributed by atoms with van der Waals surface area (Å²) in [6.45, 7) is 5.09. The van der Waals surface area contributed by atoms with Crippen LogP contribution in [0.5, 0.6) is 0 Å². The number of carbonyl (C=O) groups is 5. The molecule has 0 unspecified atom stereocenters. The molecule has 0 saturated carbocycles. The van der Waals surface area contributed by atoms with E-state index in [-0.39, 0.29) is 25.2 Å². The topological polar surface area (TPSA) is 154 Å². The third-order valence-electron chi connectivity index (χ3n) is 5.80. The summed E-state index contributed by atoms with van der Waals surface area (Å²) in [5.74, 6) is -3.05. The van der Waals surface area contributed by atoms with Gasteiger partial charge in [-0.15, -0.1) is 0 Å². The molecule has 0 aliphatic carbocycles. The van der Waals surface area contributed by atoms with Crippen LogP contribution in [0.4, 0.5) is 0 Å². The standard InChI is InChI=1S/C26H36N4O6/c1-16(2)23-26(36)27-17(3)24(34)29-20(14-18-10-6-4-7-11-18)25(35)28-19(15-21(31)30-23)12-8-5-9-13-22(32)33/h4,6-8,10-12,16-17,19-20,23H,5,9,13-15H2,1-3H3,(H,27,36)(H,28,35)(H,29,34)(H,30,31)(H,32,33)/b12-8+/t17-,19-,20-,23-/m1/s1. The first-order valence-corrected chi connectivity index (χ1v) is 12.2. The molecule has 4 atom stereocenters. The van der Waals surface area contributed by atoms with Crippen LogP contribution < -0.4 is 21.3 Å². The summed E-state index contributed by atoms with van der Waals surface area (Å²) in [5, 5.41) is 19.7. The minimum absolute atomic E-state index is 0.0103. The number of nitrogens with one attached hydrogen (secondary N) is 4. The molecule has 36 heavy (non-hydrogen) atoms. The van der Waals surface area contributed by atoms with Gasteiger partial charge in [0, 0.05) is 12.8 Å². The molecule has 1 aromatic rings. The van der Waals surface area contributed by atoms with Gasteiger partial charge in [0.25, 0.3) is 0 Å². The Kier molecular flexibility index (Phi) is 11.1. The van der Waals surface area contributed by atoms with E-state index in [2.05, 4.69) is 21.3 Å². The lowest BCUT2D eigenvalue weighted by atomic mass is 10.0. The van der Waals surface area contributed by atoms with E-state index in [1.165, 1.54) is 6.92 Å². The van der Waals surface area contributed by atoms with Crippen LogP contribution in [0.1, 0.15) is 52.0 Å². The normalized spacial score (nSPS) is 24.1. The minimum atomic E-state index is -0.938. The van der Waals surface area contributed by atoms with Crippen LogP contribution in [0, 0.1) is 5.92 Å². The van der Waals surface area contributed by atoms with E-state index >= 15 is 0 Å². The summed E-state index contributed by atoms with van der Waals surface area (Å²) in [7, 11) is 0. The van der Waals surface area contributed by atoms with Crippen molar-refractivity contribution < 1.29 is 29.1 Å². The van der Waals surface area contributed by atoms with Gasteiger partial charge in [-0.05, 0) is 31.2 Å². The lowest BCUT2D eigenvalue weighted by molar-refractivity contribution is -0.137. The summed E-state index contributed by atoms with van der Waals surface area (Å²) in [6.07, 6.45) is 4.34. The first-order chi connectivity index (χ1) is 17.1. The van der Waals surface area contributed by atoms with Gasteiger partial charge < -0.3 is 26.4 Å². The number of unbranched alkanes of at least 4 members (excludes halogenated alkanes) is 1. The lowest BCUT2D eigenvalue weighted by Crippen LogP contribution is -2.56. The SMILES string of the molecule is CC(C)[C@H]1NC(=O)C[C@@H](/C=C/CCCC(=O)O)NC(=O)[C@@H](Cc2ccccc2)NC(=O)[C@@H](C)NC1=O. The lowest BCUT2D eigenvalue weighted by Gasteiger charge is -2.24. The third-order valence-corrected chi connectivity index (χ3v) is 5.80. The molecule has 0 aromatic heterocycles. The second-order valence-electron chi connectivity index (χ2n) is 9.30. The number of benzene rings is 1. The predicted molar refractivity (Wildman–Crippen MR) is 134 cm³/mol. The molecule has 1 aromatic carbocycles. The fourth-order valence-corrected chi connectivity index (χ4v) is 3.77. The number of rotatable bonds is 8. The van der Waals surface area contributed by atoms with Crippen LogP contribution >= 0.6 is 0 Å². The number of hydrogen-bond acceptors (Lipinski definition) is 5. The molecular weight excluding hydrogens is 464 g/mol. The van der Waals surface area contributed by atoms with Crippen molar-refractivity contribution in [1.29, 1.82) is 0 Å². The molecule has 0 bridgehead atoms. The number of amides is 4. The van der Waals surface area contributed by atoms with Crippen molar-refractivity contribution in [2.24, 2.45) is 5.92 Å². The van der Waals surface area contributed by atoms with Crippen molar-refractivity contribution in [2.75, 3.05) is 0 Å². The van der Waals surface area contributed by atoms with E-state index < -0.39 is 53.8 Å². The highest BCUT2D eigenvalue weighted by molar-refractivity contribution is 5.95. The van der Waals surface area contributed by atoms with Gasteiger partial charge in [0.05, 0.1) is 12.5 Å². The molecule has 4 amide bonds. The van der Waals surface area contributed by atoms with Crippen LogP contribution in [-0.2, 0) is 30.4 Å². The highest BCUT2D eigenvalue weighted by Gasteiger charge is 2.31. The number of carbonyl (C=O) groups excluding carboxylic acids is 4. The number of aliphatic carboxylic acids is 1. The molecule has 5 N–H and O–H groups in total. The van der Waals surface area contributed by atoms with Gasteiger partial charge in [0.15, 0.2) is 0 Å². The third kappa shape index (κ3) is 9.52. The summed E-state index contributed by atoms with van der Waals surface area (Å²) in [5.41, 5.74) is 0.831. The zero-order chi connectivity index (χ0) is 26.7. The Hall–Kier alpha value is -3.69. The summed E-state index contributed by atoms with van der Waals surface area (Å²) in [4.78, 5) is 62.5. The quantitative estimate of drug-likeness (QED) is 0.266. The summed E-state index contributed by atoms with van der Waals surface area (Å²) >= 11 is 0. The van der Waals surface area contributed by atoms with Gasteiger partial charge in [-0.3, -0.25) is 24.0 Å². The first-order valence-electron chi connectivity index (χ1n) is 12.2. The maximum Gasteiger partial charge on any atom is 0.303 e. The van der Waals surface area contributed by atoms with Crippen molar-refractivity contribution in [3.63, 3.8) is 0 Å². The predicted octanol–water partition coefficient (Wildman–Crippen LogP) is 1.06. The number of carboxylic acids is 1. The van der Waals surface area contributed by atoms with E-state index in [0.717, 1.165) is 5.56 Å². The van der Waals surface area contributed by atoms with E-state index in [4.69, 9.17) is 5.11 Å². The molecule has 0 spiro atoms. The maximum absolute atomic E-state index is 13.2. The van der Waals surface area contributed by atoms with Crippen LogP contribution in [0.2, 0.25) is 0 Å². The van der Waals surface area contributed by atoms with E-state index in [0.29, 0.717) is 12.8 Å². The molecule has 1 fully saturated rings. The van der Waals surface area contributed by atoms with Gasteiger partial charge in [-0.25, -0.2) is 0 Å². The molecule has 1 aliphatic rings. The first kappa shape index (κ1) is 28.5. The molecule has 1 saturated heterocycles. The van der Waals surface area contributed by atoms with Crippen LogP contribution in [0.15, 0.2) is 42.5 Å². The maximum atomic E-state index is 13.2. The zero-order valence-electron chi connectivity index (χ0n) is 21.0. The molecule has 10 heteroatoms. The Bertz CT molecular complexity index is 962. The summed E-state index contributed by atoms with van der Waals surface area (Å²) < 4.78 is 0. The Morgan fingerprint density at radius 2 is 1.69 bits per heavy atom. The number of carboxylic acid groups (broad SMARTS) is 1. The molecule has 196 valence electrons. The van der Waals surface area contributed by atoms with Crippen molar-refractivity contribution in [3.05, 3.63) is 48.0 Å². The van der Waals surface area contributed by atoms with Crippen molar-refractivity contribution in [3.8, 4) is 0 Å². The van der Waals surface area contributed by atoms with Crippen LogP contribution in [-0.4, -0.2) is 58.9 Å². The van der Waals surface area contributed by atoms with Crippen molar-refractivity contribution in [1.82, 2.24) is 21.3 Å². The largest absolute Gasteiger partial charge is 0.481 e. The van der Waals surface area contributed by atoms with Gasteiger partial charge in [0.2, 0.25) is 23.6 Å². The second kappa shape index (κ2) is 14.0. The Labute approximate surface area is 211 Å². The average molecular weight is 501 g/mol. The monoisotopic (exact) mass is 500 g/mol. The fourth-order valence-electron chi connectivity index (χ4n) is 3.77. The summed E-state index contributed by atoms with van der Waals surface area (Å²) in [6, 6.07) is 5.75. The zero-order valence-corrected chi connectivity index (χ0v) is 21.0. The van der Waals surface area contributed by atoms with Crippen LogP contribution in [0.3, 0.4) is 0 Å². The van der Waals surface area contributed by atoms with Crippen molar-refractivity contribution in [2.45, 2.75) is 77.0 Å². The van der Waals surface area contributed by atoms with Gasteiger partial charge in [-0.2, -0.15) is 0 Å². The fraction of sp³-hybridized carbons (Fsp3) is 0.500. The average Bonchev–Trinajstić information content (AvgIpc) is 2.81. The molecular formula is C26H36N4O6. The Morgan fingerprint density at radius 1 is 1.00 bits per heavy atom.